The highest BCUT2D eigenvalue weighted by molar-refractivity contribution is 9.10. The van der Waals surface area contributed by atoms with Crippen LogP contribution in [0.25, 0.3) is 6.08 Å². The minimum Gasteiger partial charge on any atom is -0.477 e. The maximum Gasteiger partial charge on any atom is 0.352 e. The van der Waals surface area contributed by atoms with Gasteiger partial charge in [-0.3, -0.25) is 4.79 Å². The number of halogens is 1. The first-order valence-corrected chi connectivity index (χ1v) is 9.21. The molecule has 0 heterocycles. The Morgan fingerprint density at radius 2 is 1.74 bits per heavy atom. The predicted octanol–water partition coefficient (Wildman–Crippen LogP) is 5.22. The number of carbonyl (C=O) groups is 2. The van der Waals surface area contributed by atoms with E-state index in [9.17, 15) is 14.7 Å². The van der Waals surface area contributed by atoms with Crippen LogP contribution in [0.15, 0.2) is 58.7 Å². The third-order valence-corrected chi connectivity index (χ3v) is 4.11. The number of hydrogen-bond donors (Lipinski definition) is 2. The average Bonchev–Trinajstić information content (AvgIpc) is 2.56. The summed E-state index contributed by atoms with van der Waals surface area (Å²) in [5.41, 5.74) is 0.255. The summed E-state index contributed by atoms with van der Waals surface area (Å²) >= 11 is 3.42. The Labute approximate surface area is 167 Å². The number of amides is 1. The van der Waals surface area contributed by atoms with Crippen LogP contribution < -0.4 is 10.1 Å². The van der Waals surface area contributed by atoms with Gasteiger partial charge in [-0.2, -0.15) is 0 Å². The highest BCUT2D eigenvalue weighted by Gasteiger charge is 2.18. The van der Waals surface area contributed by atoms with E-state index in [2.05, 4.69) is 21.2 Å². The SMILES string of the molecule is CC(C)(C)CC(=O)NC(=Cc1ccc(Oc2ccccc2Br)cc1)C(=O)O. The van der Waals surface area contributed by atoms with Gasteiger partial charge in [0.05, 0.1) is 4.47 Å². The van der Waals surface area contributed by atoms with Gasteiger partial charge in [0.1, 0.15) is 17.2 Å². The van der Waals surface area contributed by atoms with Crippen molar-refractivity contribution in [3.05, 3.63) is 64.3 Å². The molecule has 27 heavy (non-hydrogen) atoms. The van der Waals surface area contributed by atoms with Crippen LogP contribution in [-0.4, -0.2) is 17.0 Å². The molecule has 2 rings (SSSR count). The van der Waals surface area contributed by atoms with E-state index in [1.807, 2.05) is 45.0 Å². The highest BCUT2D eigenvalue weighted by atomic mass is 79.9. The molecule has 0 saturated carbocycles. The molecule has 0 fully saturated rings. The summed E-state index contributed by atoms with van der Waals surface area (Å²) in [4.78, 5) is 23.5. The molecule has 1 amide bonds. The van der Waals surface area contributed by atoms with Gasteiger partial charge in [0.15, 0.2) is 0 Å². The fraction of sp³-hybridized carbons (Fsp3) is 0.238. The third-order valence-electron chi connectivity index (χ3n) is 3.45. The summed E-state index contributed by atoms with van der Waals surface area (Å²) in [7, 11) is 0. The molecule has 0 aliphatic heterocycles. The van der Waals surface area contributed by atoms with E-state index in [-0.39, 0.29) is 23.4 Å². The second-order valence-corrected chi connectivity index (χ2v) is 8.10. The molecule has 5 nitrogen and oxygen atoms in total. The molecule has 0 spiro atoms. The Kier molecular flexibility index (Phi) is 6.80. The van der Waals surface area contributed by atoms with Crippen LogP contribution in [0.1, 0.15) is 32.8 Å². The maximum atomic E-state index is 12.0. The summed E-state index contributed by atoms with van der Waals surface area (Å²) in [5, 5.41) is 11.8. The summed E-state index contributed by atoms with van der Waals surface area (Å²) in [6.07, 6.45) is 1.65. The first kappa shape index (κ1) is 20.7. The van der Waals surface area contributed by atoms with Crippen molar-refractivity contribution in [3.63, 3.8) is 0 Å². The molecule has 0 aliphatic carbocycles. The van der Waals surface area contributed by atoms with Crippen LogP contribution in [0, 0.1) is 5.41 Å². The van der Waals surface area contributed by atoms with Crippen LogP contribution in [0.3, 0.4) is 0 Å². The van der Waals surface area contributed by atoms with Crippen molar-refractivity contribution < 1.29 is 19.4 Å². The number of nitrogens with one attached hydrogen (secondary N) is 1. The molecule has 2 N–H and O–H groups in total. The second-order valence-electron chi connectivity index (χ2n) is 7.25. The van der Waals surface area contributed by atoms with Gasteiger partial charge < -0.3 is 15.2 Å². The van der Waals surface area contributed by atoms with Gasteiger partial charge in [-0.05, 0) is 57.2 Å². The van der Waals surface area contributed by atoms with Gasteiger partial charge in [-0.15, -0.1) is 0 Å². The minimum absolute atomic E-state index is 0.163. The Bertz CT molecular complexity index is 851. The van der Waals surface area contributed by atoms with Crippen molar-refractivity contribution in [2.75, 3.05) is 0 Å². The zero-order chi connectivity index (χ0) is 20.0. The lowest BCUT2D eigenvalue weighted by Gasteiger charge is -2.17. The lowest BCUT2D eigenvalue weighted by atomic mass is 9.92. The molecule has 2 aromatic carbocycles. The number of rotatable bonds is 6. The number of ether oxygens (including phenoxy) is 1. The zero-order valence-corrected chi connectivity index (χ0v) is 17.0. The van der Waals surface area contributed by atoms with Gasteiger partial charge in [0, 0.05) is 6.42 Å². The molecule has 0 saturated heterocycles. The maximum absolute atomic E-state index is 12.0. The number of benzene rings is 2. The summed E-state index contributed by atoms with van der Waals surface area (Å²) in [6, 6.07) is 14.4. The molecular formula is C21H22BrNO4. The largest absolute Gasteiger partial charge is 0.477 e. The predicted molar refractivity (Wildman–Crippen MR) is 108 cm³/mol. The first-order valence-electron chi connectivity index (χ1n) is 8.41. The topological polar surface area (TPSA) is 75.6 Å². The van der Waals surface area contributed by atoms with Gasteiger partial charge in [-0.25, -0.2) is 4.79 Å². The van der Waals surface area contributed by atoms with E-state index in [0.29, 0.717) is 17.1 Å². The molecule has 0 unspecified atom stereocenters. The Balaban J connectivity index is 2.12. The van der Waals surface area contributed by atoms with Crippen LogP contribution in [-0.2, 0) is 9.59 Å². The fourth-order valence-corrected chi connectivity index (χ4v) is 2.65. The minimum atomic E-state index is -1.19. The van der Waals surface area contributed by atoms with Crippen LogP contribution in [0.2, 0.25) is 0 Å². The smallest absolute Gasteiger partial charge is 0.352 e. The van der Waals surface area contributed by atoms with Crippen molar-refractivity contribution >= 4 is 33.9 Å². The lowest BCUT2D eigenvalue weighted by Crippen LogP contribution is -2.30. The first-order chi connectivity index (χ1) is 12.6. The van der Waals surface area contributed by atoms with E-state index in [1.165, 1.54) is 6.08 Å². The van der Waals surface area contributed by atoms with Crippen molar-refractivity contribution in [2.24, 2.45) is 5.41 Å². The van der Waals surface area contributed by atoms with Crippen LogP contribution in [0.5, 0.6) is 11.5 Å². The summed E-state index contributed by atoms with van der Waals surface area (Å²) < 4.78 is 6.62. The molecule has 2 aromatic rings. The monoisotopic (exact) mass is 431 g/mol. The number of carboxylic acids is 1. The summed E-state index contributed by atoms with van der Waals surface area (Å²) in [6.45, 7) is 5.75. The molecule has 0 radical (unpaired) electrons. The normalized spacial score (nSPS) is 11.8. The Morgan fingerprint density at radius 3 is 2.30 bits per heavy atom. The van der Waals surface area contributed by atoms with Gasteiger partial charge in [0.25, 0.3) is 0 Å². The molecule has 0 aliphatic rings. The van der Waals surface area contributed by atoms with E-state index in [4.69, 9.17) is 4.74 Å². The summed E-state index contributed by atoms with van der Waals surface area (Å²) in [5.74, 6) is -0.218. The van der Waals surface area contributed by atoms with Crippen molar-refractivity contribution in [1.29, 1.82) is 0 Å². The number of para-hydroxylation sites is 1. The van der Waals surface area contributed by atoms with Gasteiger partial charge >= 0.3 is 5.97 Å². The lowest BCUT2D eigenvalue weighted by molar-refractivity contribution is -0.134. The molecular weight excluding hydrogens is 410 g/mol. The molecule has 0 bridgehead atoms. The zero-order valence-electron chi connectivity index (χ0n) is 15.5. The quantitative estimate of drug-likeness (QED) is 0.614. The van der Waals surface area contributed by atoms with E-state index in [1.54, 1.807) is 24.3 Å². The number of aliphatic carboxylic acids is 1. The van der Waals surface area contributed by atoms with Crippen LogP contribution >= 0.6 is 15.9 Å². The van der Waals surface area contributed by atoms with Crippen LogP contribution in [0.4, 0.5) is 0 Å². The Hall–Kier alpha value is -2.60. The Morgan fingerprint density at radius 1 is 1.11 bits per heavy atom. The standard InChI is InChI=1S/C21H22BrNO4/c1-21(2,3)13-19(24)23-17(20(25)26)12-14-8-10-15(11-9-14)27-18-7-5-4-6-16(18)22/h4-12H,13H2,1-3H3,(H,23,24)(H,25,26). The van der Waals surface area contributed by atoms with Gasteiger partial charge in [0.2, 0.25) is 5.91 Å². The van der Waals surface area contributed by atoms with Crippen molar-refractivity contribution in [1.82, 2.24) is 5.32 Å². The molecule has 0 atom stereocenters. The second kappa shape index (κ2) is 8.86. The number of carbonyl (C=O) groups excluding carboxylic acids is 1. The number of hydrogen-bond acceptors (Lipinski definition) is 3. The third kappa shape index (κ3) is 6.90. The van der Waals surface area contributed by atoms with E-state index < -0.39 is 5.97 Å². The van der Waals surface area contributed by atoms with E-state index >= 15 is 0 Å². The average molecular weight is 432 g/mol. The van der Waals surface area contributed by atoms with Crippen molar-refractivity contribution in [3.8, 4) is 11.5 Å². The molecule has 6 heteroatoms. The fourth-order valence-electron chi connectivity index (χ4n) is 2.28. The van der Waals surface area contributed by atoms with Crippen molar-refractivity contribution in [2.45, 2.75) is 27.2 Å². The molecule has 142 valence electrons. The molecule has 0 aromatic heterocycles. The van der Waals surface area contributed by atoms with Gasteiger partial charge in [-0.1, -0.05) is 45.0 Å². The van der Waals surface area contributed by atoms with E-state index in [0.717, 1.165) is 4.47 Å². The number of carboxylic acid groups (broad SMARTS) is 1. The highest BCUT2D eigenvalue weighted by Crippen LogP contribution is 2.29.